The number of hydrogen-bond donors (Lipinski definition) is 3. The molecule has 20 heavy (non-hydrogen) atoms. The number of halogens is 1. The Morgan fingerprint density at radius 1 is 1.40 bits per heavy atom. The van der Waals surface area contributed by atoms with E-state index in [1.54, 1.807) is 0 Å². The second-order valence-electron chi connectivity index (χ2n) is 5.34. The molecule has 0 aromatic heterocycles. The number of nitrogens with one attached hydrogen (secondary N) is 1. The average molecular weight is 280 g/mol. The summed E-state index contributed by atoms with van der Waals surface area (Å²) >= 11 is 0. The largest absolute Gasteiger partial charge is 0.481 e. The second kappa shape index (κ2) is 5.48. The molecule has 0 radical (unpaired) electrons. The number of hydrogen-bond acceptors (Lipinski definition) is 3. The standard InChI is InChI=1S/C14H17FN2O3/c15-9-2-3-11(16)10(6-9)13(20)17-8-14(4-1-5-14)7-12(18)19/h2-3,6H,1,4-5,7-8,16H2,(H,17,20)(H,18,19). The highest BCUT2D eigenvalue weighted by molar-refractivity contribution is 5.99. The van der Waals surface area contributed by atoms with Crippen LogP contribution in [0.2, 0.25) is 0 Å². The van der Waals surface area contributed by atoms with Crippen LogP contribution in [0, 0.1) is 11.2 Å². The summed E-state index contributed by atoms with van der Waals surface area (Å²) < 4.78 is 13.1. The van der Waals surface area contributed by atoms with Gasteiger partial charge in [-0.2, -0.15) is 0 Å². The van der Waals surface area contributed by atoms with Gasteiger partial charge in [-0.3, -0.25) is 9.59 Å². The molecule has 1 aromatic rings. The third-order valence-corrected chi connectivity index (χ3v) is 3.82. The highest BCUT2D eigenvalue weighted by Gasteiger charge is 2.39. The van der Waals surface area contributed by atoms with Gasteiger partial charge in [-0.15, -0.1) is 0 Å². The van der Waals surface area contributed by atoms with Crippen molar-refractivity contribution in [2.75, 3.05) is 12.3 Å². The molecule has 0 saturated heterocycles. The summed E-state index contributed by atoms with van der Waals surface area (Å²) in [7, 11) is 0. The monoisotopic (exact) mass is 280 g/mol. The van der Waals surface area contributed by atoms with E-state index in [9.17, 15) is 14.0 Å². The van der Waals surface area contributed by atoms with Gasteiger partial charge in [0.15, 0.2) is 0 Å². The molecule has 0 heterocycles. The normalized spacial score (nSPS) is 16.2. The summed E-state index contributed by atoms with van der Waals surface area (Å²) in [6, 6.07) is 3.60. The van der Waals surface area contributed by atoms with Gasteiger partial charge in [0.1, 0.15) is 5.82 Å². The van der Waals surface area contributed by atoms with Crippen molar-refractivity contribution in [1.29, 1.82) is 0 Å². The number of carboxylic acids is 1. The molecule has 0 unspecified atom stereocenters. The summed E-state index contributed by atoms with van der Waals surface area (Å²) in [6.45, 7) is 0.272. The number of nitrogens with two attached hydrogens (primary N) is 1. The van der Waals surface area contributed by atoms with Gasteiger partial charge in [0.2, 0.25) is 0 Å². The Morgan fingerprint density at radius 3 is 2.65 bits per heavy atom. The number of nitrogen functional groups attached to an aromatic ring is 1. The highest BCUT2D eigenvalue weighted by Crippen LogP contribution is 2.43. The van der Waals surface area contributed by atoms with Gasteiger partial charge in [0, 0.05) is 12.2 Å². The molecule has 2 rings (SSSR count). The molecular formula is C14H17FN2O3. The molecule has 1 saturated carbocycles. The van der Waals surface area contributed by atoms with Gasteiger partial charge in [-0.25, -0.2) is 4.39 Å². The number of carbonyl (C=O) groups excluding carboxylic acids is 1. The molecular weight excluding hydrogens is 263 g/mol. The van der Waals surface area contributed by atoms with E-state index in [1.807, 2.05) is 0 Å². The highest BCUT2D eigenvalue weighted by atomic mass is 19.1. The zero-order valence-corrected chi connectivity index (χ0v) is 11.0. The molecule has 0 bridgehead atoms. The first-order valence-corrected chi connectivity index (χ1v) is 6.47. The first kappa shape index (κ1) is 14.3. The van der Waals surface area contributed by atoms with Crippen LogP contribution in [0.5, 0.6) is 0 Å². The molecule has 1 fully saturated rings. The van der Waals surface area contributed by atoms with Crippen molar-refractivity contribution in [3.63, 3.8) is 0 Å². The Bertz CT molecular complexity index is 541. The summed E-state index contributed by atoms with van der Waals surface area (Å²) in [4.78, 5) is 22.8. The lowest BCUT2D eigenvalue weighted by Gasteiger charge is -2.40. The number of amides is 1. The zero-order chi connectivity index (χ0) is 14.8. The van der Waals surface area contributed by atoms with E-state index in [0.717, 1.165) is 25.3 Å². The smallest absolute Gasteiger partial charge is 0.303 e. The van der Waals surface area contributed by atoms with Gasteiger partial charge < -0.3 is 16.2 Å². The predicted molar refractivity (Wildman–Crippen MR) is 71.7 cm³/mol. The summed E-state index contributed by atoms with van der Waals surface area (Å²) in [5.74, 6) is -1.88. The van der Waals surface area contributed by atoms with E-state index < -0.39 is 17.7 Å². The lowest BCUT2D eigenvalue weighted by atomic mass is 9.66. The van der Waals surface area contributed by atoms with Crippen LogP contribution in [0.25, 0.3) is 0 Å². The van der Waals surface area contributed by atoms with E-state index >= 15 is 0 Å². The van der Waals surface area contributed by atoms with Crippen LogP contribution in [0.1, 0.15) is 36.0 Å². The minimum Gasteiger partial charge on any atom is -0.481 e. The molecule has 5 nitrogen and oxygen atoms in total. The fourth-order valence-corrected chi connectivity index (χ4v) is 2.50. The van der Waals surface area contributed by atoms with Crippen LogP contribution in [0.15, 0.2) is 18.2 Å². The Balaban J connectivity index is 2.01. The molecule has 0 atom stereocenters. The number of aliphatic carboxylic acids is 1. The van der Waals surface area contributed by atoms with E-state index in [1.165, 1.54) is 12.1 Å². The molecule has 1 aliphatic rings. The van der Waals surface area contributed by atoms with Gasteiger partial charge in [0.25, 0.3) is 5.91 Å². The molecule has 0 spiro atoms. The first-order valence-electron chi connectivity index (χ1n) is 6.47. The van der Waals surface area contributed by atoms with Gasteiger partial charge in [-0.1, -0.05) is 6.42 Å². The van der Waals surface area contributed by atoms with Crippen LogP contribution < -0.4 is 11.1 Å². The summed E-state index contributed by atoms with van der Waals surface area (Å²) in [5, 5.41) is 11.6. The fourth-order valence-electron chi connectivity index (χ4n) is 2.50. The Hall–Kier alpha value is -2.11. The Kier molecular flexibility index (Phi) is 3.92. The van der Waals surface area contributed by atoms with Gasteiger partial charge >= 0.3 is 5.97 Å². The lowest BCUT2D eigenvalue weighted by molar-refractivity contribution is -0.141. The van der Waals surface area contributed by atoms with Crippen LogP contribution in [0.3, 0.4) is 0 Å². The number of rotatable bonds is 5. The van der Waals surface area contributed by atoms with Crippen molar-refractivity contribution >= 4 is 17.6 Å². The molecule has 1 aromatic carbocycles. The summed E-state index contributed by atoms with van der Waals surface area (Å²) in [6.07, 6.45) is 2.55. The van der Waals surface area contributed by atoms with Crippen molar-refractivity contribution in [3.8, 4) is 0 Å². The third-order valence-electron chi connectivity index (χ3n) is 3.82. The maximum Gasteiger partial charge on any atom is 0.303 e. The van der Waals surface area contributed by atoms with E-state index in [4.69, 9.17) is 10.8 Å². The van der Waals surface area contributed by atoms with Crippen molar-refractivity contribution in [3.05, 3.63) is 29.6 Å². The zero-order valence-electron chi connectivity index (χ0n) is 11.0. The molecule has 4 N–H and O–H groups in total. The maximum absolute atomic E-state index is 13.1. The van der Waals surface area contributed by atoms with Crippen molar-refractivity contribution in [2.24, 2.45) is 5.41 Å². The summed E-state index contributed by atoms with van der Waals surface area (Å²) in [5.41, 5.74) is 5.54. The fraction of sp³-hybridized carbons (Fsp3) is 0.429. The minimum atomic E-state index is -0.871. The van der Waals surface area contributed by atoms with Crippen LogP contribution in [0.4, 0.5) is 10.1 Å². The molecule has 1 amide bonds. The number of anilines is 1. The Morgan fingerprint density at radius 2 is 2.10 bits per heavy atom. The quantitative estimate of drug-likeness (QED) is 0.717. The molecule has 108 valence electrons. The van der Waals surface area contributed by atoms with Crippen LogP contribution >= 0.6 is 0 Å². The van der Waals surface area contributed by atoms with E-state index in [-0.39, 0.29) is 29.6 Å². The van der Waals surface area contributed by atoms with Crippen molar-refractivity contribution < 1.29 is 19.1 Å². The SMILES string of the molecule is Nc1ccc(F)cc1C(=O)NCC1(CC(=O)O)CCC1. The average Bonchev–Trinajstić information content (AvgIpc) is 2.34. The number of carbonyl (C=O) groups is 2. The molecule has 0 aliphatic heterocycles. The number of carboxylic acid groups (broad SMARTS) is 1. The maximum atomic E-state index is 13.1. The molecule has 6 heteroatoms. The number of benzene rings is 1. The van der Waals surface area contributed by atoms with Crippen molar-refractivity contribution in [1.82, 2.24) is 5.32 Å². The van der Waals surface area contributed by atoms with Crippen LogP contribution in [-0.2, 0) is 4.79 Å². The Labute approximate surface area is 116 Å². The van der Waals surface area contributed by atoms with Crippen molar-refractivity contribution in [2.45, 2.75) is 25.7 Å². The third kappa shape index (κ3) is 3.07. The van der Waals surface area contributed by atoms with Crippen LogP contribution in [-0.4, -0.2) is 23.5 Å². The predicted octanol–water partition coefficient (Wildman–Crippen LogP) is 1.78. The lowest BCUT2D eigenvalue weighted by Crippen LogP contribution is -2.43. The minimum absolute atomic E-state index is 0.0336. The van der Waals surface area contributed by atoms with Gasteiger partial charge in [0.05, 0.1) is 12.0 Å². The second-order valence-corrected chi connectivity index (χ2v) is 5.34. The van der Waals surface area contributed by atoms with Gasteiger partial charge in [-0.05, 0) is 36.5 Å². The van der Waals surface area contributed by atoms with E-state index in [0.29, 0.717) is 0 Å². The first-order chi connectivity index (χ1) is 9.42. The van der Waals surface area contributed by atoms with E-state index in [2.05, 4.69) is 5.32 Å². The molecule has 1 aliphatic carbocycles. The topological polar surface area (TPSA) is 92.4 Å².